The Morgan fingerprint density at radius 1 is 0.778 bits per heavy atom. The van der Waals surface area contributed by atoms with Crippen molar-refractivity contribution in [2.75, 3.05) is 6.61 Å². The number of rotatable bonds is 2. The summed E-state index contributed by atoms with van der Waals surface area (Å²) in [5, 5.41) is 11.1. The smallest absolute Gasteiger partial charge is 0.150 e. The van der Waals surface area contributed by atoms with Crippen LogP contribution in [0.1, 0.15) is 5.56 Å². The first-order chi connectivity index (χ1) is 13.4. The van der Waals surface area contributed by atoms with Crippen LogP contribution in [0.15, 0.2) is 72.8 Å². The van der Waals surface area contributed by atoms with Crippen molar-refractivity contribution in [3.63, 3.8) is 0 Å². The molecule has 0 unspecified atom stereocenters. The monoisotopic (exact) mass is 346 g/mol. The van der Waals surface area contributed by atoms with Gasteiger partial charge in [0.25, 0.3) is 0 Å². The van der Waals surface area contributed by atoms with Gasteiger partial charge in [0, 0.05) is 22.7 Å². The van der Waals surface area contributed by atoms with E-state index in [1.54, 1.807) is 24.3 Å². The lowest BCUT2D eigenvalue weighted by Crippen LogP contribution is -1.93. The summed E-state index contributed by atoms with van der Waals surface area (Å²) in [6, 6.07) is 28.6. The van der Waals surface area contributed by atoms with Gasteiger partial charge in [-0.3, -0.25) is 4.57 Å². The summed E-state index contributed by atoms with van der Waals surface area (Å²) in [5.74, 6) is 9.32. The highest BCUT2D eigenvalue weighted by Gasteiger charge is 2.07. The number of ether oxygens (including phenoxy) is 1. The van der Waals surface area contributed by atoms with Gasteiger partial charge in [0.2, 0.25) is 0 Å². The predicted octanol–water partition coefficient (Wildman–Crippen LogP) is 4.56. The van der Waals surface area contributed by atoms with Crippen molar-refractivity contribution in [1.82, 2.24) is 4.57 Å². The first kappa shape index (κ1) is 16.3. The van der Waals surface area contributed by atoms with Crippen LogP contribution in [0, 0.1) is 35.1 Å². The maximum absolute atomic E-state index is 8.78. The third kappa shape index (κ3) is 3.34. The van der Waals surface area contributed by atoms with Gasteiger partial charge < -0.3 is 4.74 Å². The van der Waals surface area contributed by atoms with Gasteiger partial charge >= 0.3 is 0 Å². The standard InChI is InChI=1S/C24H14N2O/c25-18-19-12-14-20(15-13-19)27-17-7-1-6-16-26-23-10-4-2-8-21(23)22-9-3-5-11-24(22)26/h2-5,8-15H,17H2. The van der Waals surface area contributed by atoms with Crippen molar-refractivity contribution in [3.8, 4) is 35.6 Å². The number of para-hydroxylation sites is 2. The van der Waals surface area contributed by atoms with Crippen molar-refractivity contribution in [2.45, 2.75) is 0 Å². The summed E-state index contributed by atoms with van der Waals surface area (Å²) >= 11 is 0. The number of nitrogens with zero attached hydrogens (tertiary/aromatic N) is 2. The fourth-order valence-corrected chi connectivity index (χ4v) is 2.95. The van der Waals surface area contributed by atoms with E-state index in [1.165, 1.54) is 10.8 Å². The number of hydrogen-bond donors (Lipinski definition) is 0. The molecule has 0 saturated carbocycles. The average Bonchev–Trinajstić information content (AvgIpc) is 3.05. The molecule has 4 aromatic rings. The number of fused-ring (bicyclic) bond motifs is 3. The SMILES string of the molecule is N#Cc1ccc(OCC#CC#Cn2c3ccccc3c3ccccc32)cc1. The molecule has 0 saturated heterocycles. The topological polar surface area (TPSA) is 37.9 Å². The zero-order valence-electron chi connectivity index (χ0n) is 14.4. The Morgan fingerprint density at radius 3 is 2.04 bits per heavy atom. The van der Waals surface area contributed by atoms with E-state index < -0.39 is 0 Å². The highest BCUT2D eigenvalue weighted by Crippen LogP contribution is 2.27. The maximum atomic E-state index is 8.78. The first-order valence-corrected chi connectivity index (χ1v) is 8.47. The third-order valence-electron chi connectivity index (χ3n) is 4.19. The van der Waals surface area contributed by atoms with E-state index in [9.17, 15) is 0 Å². The van der Waals surface area contributed by atoms with Crippen molar-refractivity contribution >= 4 is 21.8 Å². The number of hydrogen-bond acceptors (Lipinski definition) is 2. The van der Waals surface area contributed by atoms with Gasteiger partial charge in [-0.15, -0.1) is 0 Å². The van der Waals surface area contributed by atoms with Crippen LogP contribution in [-0.4, -0.2) is 11.2 Å². The molecule has 3 aromatic carbocycles. The van der Waals surface area contributed by atoms with Gasteiger partial charge in [0.1, 0.15) is 12.4 Å². The number of aromatic nitrogens is 1. The molecular formula is C24H14N2O. The Morgan fingerprint density at radius 2 is 1.41 bits per heavy atom. The lowest BCUT2D eigenvalue weighted by Gasteiger charge is -2.00. The Balaban J connectivity index is 1.53. The van der Waals surface area contributed by atoms with E-state index in [-0.39, 0.29) is 6.61 Å². The molecule has 0 spiro atoms. The number of nitriles is 1. The second-order valence-electron chi connectivity index (χ2n) is 5.83. The lowest BCUT2D eigenvalue weighted by atomic mass is 10.2. The summed E-state index contributed by atoms with van der Waals surface area (Å²) < 4.78 is 7.50. The molecule has 4 rings (SSSR count). The van der Waals surface area contributed by atoms with Crippen LogP contribution in [0.4, 0.5) is 0 Å². The molecule has 0 aliphatic rings. The fraction of sp³-hybridized carbons (Fsp3) is 0.0417. The summed E-state index contributed by atoms with van der Waals surface area (Å²) in [5.41, 5.74) is 2.74. The molecule has 27 heavy (non-hydrogen) atoms. The van der Waals surface area contributed by atoms with E-state index in [4.69, 9.17) is 10.00 Å². The van der Waals surface area contributed by atoms with Gasteiger partial charge in [0.15, 0.2) is 0 Å². The summed E-state index contributed by atoms with van der Waals surface area (Å²) in [7, 11) is 0. The molecule has 0 aliphatic heterocycles. The van der Waals surface area contributed by atoms with E-state index >= 15 is 0 Å². The van der Waals surface area contributed by atoms with Crippen molar-refractivity contribution in [2.24, 2.45) is 0 Å². The summed E-state index contributed by atoms with van der Waals surface area (Å²) in [4.78, 5) is 0. The molecule has 3 nitrogen and oxygen atoms in total. The van der Waals surface area contributed by atoms with Crippen LogP contribution in [0.25, 0.3) is 21.8 Å². The molecule has 0 aliphatic carbocycles. The van der Waals surface area contributed by atoms with Crippen LogP contribution >= 0.6 is 0 Å². The molecule has 0 atom stereocenters. The van der Waals surface area contributed by atoms with Gasteiger partial charge in [-0.1, -0.05) is 36.4 Å². The van der Waals surface area contributed by atoms with E-state index in [0.29, 0.717) is 11.3 Å². The first-order valence-electron chi connectivity index (χ1n) is 8.47. The molecule has 0 fully saturated rings. The second kappa shape index (κ2) is 7.40. The minimum Gasteiger partial charge on any atom is -0.481 e. The number of benzene rings is 3. The fourth-order valence-electron chi connectivity index (χ4n) is 2.95. The van der Waals surface area contributed by atoms with Crippen molar-refractivity contribution in [1.29, 1.82) is 5.26 Å². The molecule has 0 radical (unpaired) electrons. The van der Waals surface area contributed by atoms with E-state index in [2.05, 4.69) is 54.1 Å². The minimum atomic E-state index is 0.244. The van der Waals surface area contributed by atoms with Crippen molar-refractivity contribution < 1.29 is 4.74 Å². The minimum absolute atomic E-state index is 0.244. The molecule has 0 N–H and O–H groups in total. The van der Waals surface area contributed by atoms with Crippen LogP contribution in [0.2, 0.25) is 0 Å². The molecule has 0 amide bonds. The Labute approximate surface area is 157 Å². The molecular weight excluding hydrogens is 332 g/mol. The van der Waals surface area contributed by atoms with Gasteiger partial charge in [0.05, 0.1) is 22.7 Å². The van der Waals surface area contributed by atoms with Crippen molar-refractivity contribution in [3.05, 3.63) is 78.4 Å². The van der Waals surface area contributed by atoms with Crippen LogP contribution in [0.5, 0.6) is 5.75 Å². The molecule has 1 heterocycles. The Bertz CT molecular complexity index is 1230. The Hall–Kier alpha value is -4.13. The quantitative estimate of drug-likeness (QED) is 0.499. The summed E-state index contributed by atoms with van der Waals surface area (Å²) in [6.45, 7) is 0.244. The maximum Gasteiger partial charge on any atom is 0.150 e. The average molecular weight is 346 g/mol. The lowest BCUT2D eigenvalue weighted by molar-refractivity contribution is 0.370. The zero-order chi connectivity index (χ0) is 18.5. The van der Waals surface area contributed by atoms with E-state index in [1.807, 2.05) is 28.8 Å². The Kier molecular flexibility index (Phi) is 4.48. The predicted molar refractivity (Wildman–Crippen MR) is 107 cm³/mol. The van der Waals surface area contributed by atoms with E-state index in [0.717, 1.165) is 11.0 Å². The molecule has 0 bridgehead atoms. The van der Waals surface area contributed by atoms with Crippen LogP contribution in [-0.2, 0) is 0 Å². The molecule has 126 valence electrons. The highest BCUT2D eigenvalue weighted by molar-refractivity contribution is 6.08. The zero-order valence-corrected chi connectivity index (χ0v) is 14.4. The van der Waals surface area contributed by atoms with Gasteiger partial charge in [-0.05, 0) is 48.2 Å². The van der Waals surface area contributed by atoms with Gasteiger partial charge in [-0.2, -0.15) is 5.26 Å². The highest BCUT2D eigenvalue weighted by atomic mass is 16.5. The van der Waals surface area contributed by atoms with Crippen LogP contribution in [0.3, 0.4) is 0 Å². The second-order valence-corrected chi connectivity index (χ2v) is 5.83. The molecule has 1 aromatic heterocycles. The van der Waals surface area contributed by atoms with Crippen LogP contribution < -0.4 is 4.74 Å². The normalized spacial score (nSPS) is 9.74. The molecule has 3 heteroatoms. The largest absolute Gasteiger partial charge is 0.481 e. The van der Waals surface area contributed by atoms with Gasteiger partial charge in [-0.25, -0.2) is 0 Å². The summed E-state index contributed by atoms with van der Waals surface area (Å²) in [6.07, 6.45) is 0. The third-order valence-corrected chi connectivity index (χ3v) is 4.19.